The molecule has 0 unspecified atom stereocenters. The summed E-state index contributed by atoms with van der Waals surface area (Å²) in [4.78, 5) is 34.8. The molecule has 0 saturated carbocycles. The van der Waals surface area contributed by atoms with Gasteiger partial charge in [-0.1, -0.05) is 29.8 Å². The highest BCUT2D eigenvalue weighted by Crippen LogP contribution is 2.30. The standard InChI is InChI=1S/C16H15ClN4O2/c1-10-8-20-13(9-19-10)16(23)21-7-6-18-15(22)14(21)11-4-2-3-5-12(11)17/h2-5,8-9,14H,6-7H2,1H3,(H,18,22)/t14-/m1/s1. The molecule has 0 aliphatic carbocycles. The van der Waals surface area contributed by atoms with Crippen LogP contribution in [0.15, 0.2) is 36.7 Å². The maximum atomic E-state index is 12.8. The van der Waals surface area contributed by atoms with Gasteiger partial charge in [0, 0.05) is 29.9 Å². The van der Waals surface area contributed by atoms with Gasteiger partial charge >= 0.3 is 0 Å². The number of piperazine rings is 1. The average Bonchev–Trinajstić information content (AvgIpc) is 2.56. The van der Waals surface area contributed by atoms with Crippen molar-refractivity contribution in [2.24, 2.45) is 0 Å². The molecule has 1 fully saturated rings. The average molecular weight is 331 g/mol. The Balaban J connectivity index is 1.98. The van der Waals surface area contributed by atoms with Crippen molar-refractivity contribution in [1.29, 1.82) is 0 Å². The van der Waals surface area contributed by atoms with Crippen LogP contribution in [0, 0.1) is 6.92 Å². The lowest BCUT2D eigenvalue weighted by Crippen LogP contribution is -2.52. The number of carbonyl (C=O) groups excluding carboxylic acids is 2. The Labute approximate surface area is 138 Å². The van der Waals surface area contributed by atoms with Crippen LogP contribution in [0.5, 0.6) is 0 Å². The summed E-state index contributed by atoms with van der Waals surface area (Å²) in [6.07, 6.45) is 2.95. The van der Waals surface area contributed by atoms with Gasteiger partial charge in [0.05, 0.1) is 11.9 Å². The monoisotopic (exact) mass is 330 g/mol. The third kappa shape index (κ3) is 3.03. The lowest BCUT2D eigenvalue weighted by molar-refractivity contribution is -0.128. The van der Waals surface area contributed by atoms with Crippen LogP contribution in [-0.4, -0.2) is 39.8 Å². The molecule has 2 aromatic rings. The Hall–Kier alpha value is -2.47. The van der Waals surface area contributed by atoms with Gasteiger partial charge in [-0.25, -0.2) is 4.98 Å². The number of hydrogen-bond acceptors (Lipinski definition) is 4. The Morgan fingerprint density at radius 1 is 1.30 bits per heavy atom. The number of halogens is 1. The Bertz CT molecular complexity index is 748. The molecule has 2 amide bonds. The fourth-order valence-electron chi connectivity index (χ4n) is 2.54. The third-order valence-corrected chi connectivity index (χ3v) is 4.02. The Morgan fingerprint density at radius 3 is 2.78 bits per heavy atom. The molecule has 3 rings (SSSR count). The fraction of sp³-hybridized carbons (Fsp3) is 0.250. The zero-order valence-corrected chi connectivity index (χ0v) is 13.2. The highest BCUT2D eigenvalue weighted by atomic mass is 35.5. The molecule has 1 aliphatic heterocycles. The van der Waals surface area contributed by atoms with Gasteiger partial charge in [-0.15, -0.1) is 0 Å². The Morgan fingerprint density at radius 2 is 2.09 bits per heavy atom. The van der Waals surface area contributed by atoms with E-state index in [1.807, 2.05) is 0 Å². The molecule has 0 radical (unpaired) electrons. The smallest absolute Gasteiger partial charge is 0.275 e. The van der Waals surface area contributed by atoms with Crippen LogP contribution in [0.3, 0.4) is 0 Å². The van der Waals surface area contributed by atoms with E-state index in [1.165, 1.54) is 17.3 Å². The molecule has 1 aromatic heterocycles. The first kappa shape index (κ1) is 15.4. The zero-order chi connectivity index (χ0) is 16.4. The number of hydrogen-bond donors (Lipinski definition) is 1. The third-order valence-electron chi connectivity index (χ3n) is 3.67. The Kier molecular flexibility index (Phi) is 4.25. The quantitative estimate of drug-likeness (QED) is 0.910. The van der Waals surface area contributed by atoms with Crippen LogP contribution >= 0.6 is 11.6 Å². The van der Waals surface area contributed by atoms with E-state index < -0.39 is 6.04 Å². The van der Waals surface area contributed by atoms with E-state index in [0.717, 1.165) is 5.69 Å². The molecular weight excluding hydrogens is 316 g/mol. The number of nitrogens with one attached hydrogen (secondary N) is 1. The summed E-state index contributed by atoms with van der Waals surface area (Å²) in [6.45, 7) is 2.57. The van der Waals surface area contributed by atoms with Crippen molar-refractivity contribution in [3.8, 4) is 0 Å². The van der Waals surface area contributed by atoms with E-state index in [4.69, 9.17) is 11.6 Å². The minimum atomic E-state index is -0.770. The highest BCUT2D eigenvalue weighted by molar-refractivity contribution is 6.31. The molecule has 0 spiro atoms. The first-order chi connectivity index (χ1) is 11.1. The second kappa shape index (κ2) is 6.34. The van der Waals surface area contributed by atoms with Gasteiger partial charge < -0.3 is 10.2 Å². The fourth-order valence-corrected chi connectivity index (χ4v) is 2.78. The molecule has 1 N–H and O–H groups in total. The number of benzene rings is 1. The molecular formula is C16H15ClN4O2. The van der Waals surface area contributed by atoms with Gasteiger partial charge in [0.2, 0.25) is 5.91 Å². The van der Waals surface area contributed by atoms with Crippen LogP contribution in [0.25, 0.3) is 0 Å². The number of nitrogens with zero attached hydrogens (tertiary/aromatic N) is 3. The molecule has 1 aromatic carbocycles. The predicted octanol–water partition coefficient (Wildman–Crippen LogP) is 1.75. The molecule has 7 heteroatoms. The largest absolute Gasteiger partial charge is 0.352 e. The molecule has 0 bridgehead atoms. The van der Waals surface area contributed by atoms with Crippen molar-refractivity contribution in [3.63, 3.8) is 0 Å². The second-order valence-corrected chi connectivity index (χ2v) is 5.66. The van der Waals surface area contributed by atoms with Gasteiger partial charge in [-0.2, -0.15) is 0 Å². The predicted molar refractivity (Wildman–Crippen MR) is 85.0 cm³/mol. The molecule has 118 valence electrons. The van der Waals surface area contributed by atoms with E-state index in [1.54, 1.807) is 31.2 Å². The minimum absolute atomic E-state index is 0.211. The normalized spacial score (nSPS) is 17.7. The van der Waals surface area contributed by atoms with Crippen molar-refractivity contribution in [2.45, 2.75) is 13.0 Å². The summed E-state index contributed by atoms with van der Waals surface area (Å²) in [6, 6.07) is 6.25. The van der Waals surface area contributed by atoms with Crippen molar-refractivity contribution >= 4 is 23.4 Å². The van der Waals surface area contributed by atoms with E-state index in [-0.39, 0.29) is 17.5 Å². The summed E-state index contributed by atoms with van der Waals surface area (Å²) in [7, 11) is 0. The van der Waals surface area contributed by atoms with Gasteiger partial charge in [0.1, 0.15) is 11.7 Å². The van der Waals surface area contributed by atoms with E-state index in [0.29, 0.717) is 23.7 Å². The lowest BCUT2D eigenvalue weighted by atomic mass is 10.0. The molecule has 1 atom stereocenters. The molecule has 2 heterocycles. The van der Waals surface area contributed by atoms with Gasteiger partial charge in [0.15, 0.2) is 0 Å². The molecule has 6 nitrogen and oxygen atoms in total. The molecule has 1 saturated heterocycles. The summed E-state index contributed by atoms with van der Waals surface area (Å²) in [5, 5.41) is 3.22. The summed E-state index contributed by atoms with van der Waals surface area (Å²) >= 11 is 6.21. The topological polar surface area (TPSA) is 75.2 Å². The van der Waals surface area contributed by atoms with Gasteiger partial charge in [-0.3, -0.25) is 14.6 Å². The SMILES string of the molecule is Cc1cnc(C(=O)N2CCNC(=O)[C@H]2c2ccccc2Cl)cn1. The van der Waals surface area contributed by atoms with E-state index in [2.05, 4.69) is 15.3 Å². The van der Waals surface area contributed by atoms with Crippen molar-refractivity contribution in [2.75, 3.05) is 13.1 Å². The molecule has 23 heavy (non-hydrogen) atoms. The van der Waals surface area contributed by atoms with Crippen LogP contribution in [0.4, 0.5) is 0 Å². The van der Waals surface area contributed by atoms with Crippen LogP contribution < -0.4 is 5.32 Å². The number of aryl methyl sites for hydroxylation is 1. The zero-order valence-electron chi connectivity index (χ0n) is 12.5. The number of aromatic nitrogens is 2. The number of carbonyl (C=O) groups is 2. The van der Waals surface area contributed by atoms with Gasteiger partial charge in [0.25, 0.3) is 5.91 Å². The maximum absolute atomic E-state index is 12.8. The van der Waals surface area contributed by atoms with Crippen molar-refractivity contribution in [3.05, 3.63) is 58.6 Å². The lowest BCUT2D eigenvalue weighted by Gasteiger charge is -2.35. The summed E-state index contributed by atoms with van der Waals surface area (Å²) < 4.78 is 0. The van der Waals surface area contributed by atoms with Crippen LogP contribution in [0.1, 0.15) is 27.8 Å². The summed E-state index contributed by atoms with van der Waals surface area (Å²) in [5.41, 5.74) is 1.53. The molecule has 1 aliphatic rings. The van der Waals surface area contributed by atoms with Crippen LogP contribution in [-0.2, 0) is 4.79 Å². The maximum Gasteiger partial charge on any atom is 0.275 e. The first-order valence-corrected chi connectivity index (χ1v) is 7.57. The van der Waals surface area contributed by atoms with Crippen molar-refractivity contribution < 1.29 is 9.59 Å². The summed E-state index contributed by atoms with van der Waals surface area (Å²) in [5.74, 6) is -0.588. The van der Waals surface area contributed by atoms with Crippen LogP contribution in [0.2, 0.25) is 5.02 Å². The van der Waals surface area contributed by atoms with Crippen molar-refractivity contribution in [1.82, 2.24) is 20.2 Å². The number of rotatable bonds is 2. The second-order valence-electron chi connectivity index (χ2n) is 5.26. The number of amides is 2. The van der Waals surface area contributed by atoms with E-state index >= 15 is 0 Å². The highest BCUT2D eigenvalue weighted by Gasteiger charge is 2.36. The first-order valence-electron chi connectivity index (χ1n) is 7.19. The van der Waals surface area contributed by atoms with E-state index in [9.17, 15) is 9.59 Å². The minimum Gasteiger partial charge on any atom is -0.352 e. The van der Waals surface area contributed by atoms with Gasteiger partial charge in [-0.05, 0) is 13.0 Å².